The first-order valence-electron chi connectivity index (χ1n) is 7.66. The molecule has 0 fully saturated rings. The third kappa shape index (κ3) is 4.60. The number of carbonyl (C=O) groups excluding carboxylic acids is 1. The summed E-state index contributed by atoms with van der Waals surface area (Å²) in [7, 11) is 0. The third-order valence-electron chi connectivity index (χ3n) is 3.54. The monoisotopic (exact) mass is 404 g/mol. The standard InChI is InChI=1S/C16H13ClN6O3S/c1-10-8-13(23(25)26)6-7-14(10)18-15(24)9-27-16-19-20-21-22(16)12-4-2-11(17)3-5-12/h2-8H,9H2,1H3,(H,18,24). The van der Waals surface area contributed by atoms with Gasteiger partial charge >= 0.3 is 0 Å². The summed E-state index contributed by atoms with van der Waals surface area (Å²) in [4.78, 5) is 22.5. The van der Waals surface area contributed by atoms with Crippen molar-refractivity contribution < 1.29 is 9.72 Å². The Morgan fingerprint density at radius 3 is 2.70 bits per heavy atom. The molecular formula is C16H13ClN6O3S. The molecule has 1 N–H and O–H groups in total. The second-order valence-electron chi connectivity index (χ2n) is 5.44. The van der Waals surface area contributed by atoms with Gasteiger partial charge in [-0.2, -0.15) is 4.68 Å². The summed E-state index contributed by atoms with van der Waals surface area (Å²) in [5.74, 6) is -0.202. The lowest BCUT2D eigenvalue weighted by Gasteiger charge is -2.08. The van der Waals surface area contributed by atoms with E-state index in [-0.39, 0.29) is 17.3 Å². The van der Waals surface area contributed by atoms with Gasteiger partial charge in [0.1, 0.15) is 0 Å². The van der Waals surface area contributed by atoms with E-state index in [0.29, 0.717) is 21.4 Å². The number of hydrogen-bond donors (Lipinski definition) is 1. The van der Waals surface area contributed by atoms with Crippen molar-refractivity contribution in [3.63, 3.8) is 0 Å². The lowest BCUT2D eigenvalue weighted by atomic mass is 10.2. The van der Waals surface area contributed by atoms with E-state index >= 15 is 0 Å². The van der Waals surface area contributed by atoms with Gasteiger partial charge in [0.15, 0.2) is 0 Å². The molecule has 0 aliphatic rings. The van der Waals surface area contributed by atoms with Gasteiger partial charge in [0.05, 0.1) is 16.4 Å². The fraction of sp³-hybridized carbons (Fsp3) is 0.125. The number of nitro benzene ring substituents is 1. The van der Waals surface area contributed by atoms with Crippen LogP contribution in [0.4, 0.5) is 11.4 Å². The molecule has 0 aliphatic carbocycles. The van der Waals surface area contributed by atoms with E-state index in [0.717, 1.165) is 5.69 Å². The van der Waals surface area contributed by atoms with E-state index in [1.165, 1.54) is 34.6 Å². The van der Waals surface area contributed by atoms with Crippen LogP contribution in [-0.2, 0) is 4.79 Å². The molecule has 0 bridgehead atoms. The Labute approximate surface area is 162 Å². The number of nitro groups is 1. The molecule has 0 spiro atoms. The predicted octanol–water partition coefficient (Wildman–Crippen LogP) is 3.26. The number of anilines is 1. The molecule has 0 radical (unpaired) electrons. The molecule has 1 amide bonds. The summed E-state index contributed by atoms with van der Waals surface area (Å²) in [5, 5.41) is 26.0. The van der Waals surface area contributed by atoms with Crippen molar-refractivity contribution in [2.45, 2.75) is 12.1 Å². The number of non-ortho nitro benzene ring substituents is 1. The fourth-order valence-corrected chi connectivity index (χ4v) is 3.05. The number of amides is 1. The fourth-order valence-electron chi connectivity index (χ4n) is 2.23. The van der Waals surface area contributed by atoms with Crippen LogP contribution >= 0.6 is 23.4 Å². The van der Waals surface area contributed by atoms with E-state index in [2.05, 4.69) is 20.8 Å². The molecule has 11 heteroatoms. The zero-order chi connectivity index (χ0) is 19.4. The van der Waals surface area contributed by atoms with Crippen molar-refractivity contribution in [2.24, 2.45) is 0 Å². The SMILES string of the molecule is Cc1cc([N+](=O)[O-])ccc1NC(=O)CSc1nnnn1-c1ccc(Cl)cc1. The van der Waals surface area contributed by atoms with E-state index in [1.54, 1.807) is 31.2 Å². The molecule has 3 aromatic rings. The number of carbonyl (C=O) groups is 1. The minimum absolute atomic E-state index is 0.0259. The smallest absolute Gasteiger partial charge is 0.269 e. The molecule has 0 saturated carbocycles. The summed E-state index contributed by atoms with van der Waals surface area (Å²) in [6.07, 6.45) is 0. The number of thioether (sulfide) groups is 1. The van der Waals surface area contributed by atoms with Crippen LogP contribution in [0.15, 0.2) is 47.6 Å². The molecule has 9 nitrogen and oxygen atoms in total. The second kappa shape index (κ2) is 8.14. The van der Waals surface area contributed by atoms with Gasteiger partial charge in [0.25, 0.3) is 5.69 Å². The highest BCUT2D eigenvalue weighted by Gasteiger charge is 2.13. The number of nitrogens with zero attached hydrogens (tertiary/aromatic N) is 5. The molecule has 138 valence electrons. The maximum atomic E-state index is 12.2. The summed E-state index contributed by atoms with van der Waals surface area (Å²) < 4.78 is 1.51. The van der Waals surface area contributed by atoms with Crippen LogP contribution in [0.5, 0.6) is 0 Å². The van der Waals surface area contributed by atoms with Gasteiger partial charge in [-0.25, -0.2) is 0 Å². The van der Waals surface area contributed by atoms with E-state index < -0.39 is 4.92 Å². The molecular weight excluding hydrogens is 392 g/mol. The van der Waals surface area contributed by atoms with Crippen molar-refractivity contribution in [1.29, 1.82) is 0 Å². The molecule has 2 aromatic carbocycles. The third-order valence-corrected chi connectivity index (χ3v) is 4.71. The molecule has 3 rings (SSSR count). The molecule has 0 atom stereocenters. The highest BCUT2D eigenvalue weighted by molar-refractivity contribution is 7.99. The Kier molecular flexibility index (Phi) is 5.67. The average Bonchev–Trinajstić information content (AvgIpc) is 3.10. The maximum Gasteiger partial charge on any atom is 0.269 e. The van der Waals surface area contributed by atoms with Crippen molar-refractivity contribution >= 4 is 40.6 Å². The van der Waals surface area contributed by atoms with E-state index in [9.17, 15) is 14.9 Å². The zero-order valence-corrected chi connectivity index (χ0v) is 15.6. The first-order valence-corrected chi connectivity index (χ1v) is 9.02. The first-order chi connectivity index (χ1) is 12.9. The van der Waals surface area contributed by atoms with Gasteiger partial charge in [-0.3, -0.25) is 14.9 Å². The highest BCUT2D eigenvalue weighted by atomic mass is 35.5. The normalized spacial score (nSPS) is 10.6. The van der Waals surface area contributed by atoms with Crippen molar-refractivity contribution in [3.05, 3.63) is 63.2 Å². The minimum atomic E-state index is -0.481. The van der Waals surface area contributed by atoms with Crippen LogP contribution in [0.1, 0.15) is 5.56 Å². The van der Waals surface area contributed by atoms with Crippen LogP contribution in [0.25, 0.3) is 5.69 Å². The van der Waals surface area contributed by atoms with Crippen LogP contribution in [0.3, 0.4) is 0 Å². The molecule has 0 unspecified atom stereocenters. The van der Waals surface area contributed by atoms with Gasteiger partial charge in [0.2, 0.25) is 11.1 Å². The van der Waals surface area contributed by atoms with E-state index in [1.807, 2.05) is 0 Å². The molecule has 27 heavy (non-hydrogen) atoms. The molecule has 0 saturated heterocycles. The Bertz CT molecular complexity index is 992. The van der Waals surface area contributed by atoms with Gasteiger partial charge in [-0.05, 0) is 53.2 Å². The van der Waals surface area contributed by atoms with Crippen LogP contribution in [0, 0.1) is 17.0 Å². The quantitative estimate of drug-likeness (QED) is 0.380. The largest absolute Gasteiger partial charge is 0.325 e. The number of hydrogen-bond acceptors (Lipinski definition) is 7. The van der Waals surface area contributed by atoms with Crippen LogP contribution in [-0.4, -0.2) is 36.8 Å². The summed E-state index contributed by atoms with van der Waals surface area (Å²) in [6, 6.07) is 11.2. The lowest BCUT2D eigenvalue weighted by Crippen LogP contribution is -2.15. The van der Waals surface area contributed by atoms with Crippen molar-refractivity contribution in [1.82, 2.24) is 20.2 Å². The number of aromatic nitrogens is 4. The first kappa shape index (κ1) is 18.8. The summed E-state index contributed by atoms with van der Waals surface area (Å²) >= 11 is 7.04. The summed E-state index contributed by atoms with van der Waals surface area (Å²) in [5.41, 5.74) is 1.82. The second-order valence-corrected chi connectivity index (χ2v) is 6.82. The number of benzene rings is 2. The molecule has 1 aromatic heterocycles. The Morgan fingerprint density at radius 2 is 2.04 bits per heavy atom. The van der Waals surface area contributed by atoms with Crippen LogP contribution in [0.2, 0.25) is 5.02 Å². The Balaban J connectivity index is 1.64. The average molecular weight is 405 g/mol. The van der Waals surface area contributed by atoms with Crippen molar-refractivity contribution in [2.75, 3.05) is 11.1 Å². The number of rotatable bonds is 6. The van der Waals surface area contributed by atoms with E-state index in [4.69, 9.17) is 11.6 Å². The van der Waals surface area contributed by atoms with Gasteiger partial charge in [-0.15, -0.1) is 5.10 Å². The Morgan fingerprint density at radius 1 is 1.30 bits per heavy atom. The number of nitrogens with one attached hydrogen (secondary N) is 1. The van der Waals surface area contributed by atoms with Crippen molar-refractivity contribution in [3.8, 4) is 5.69 Å². The number of tetrazole rings is 1. The lowest BCUT2D eigenvalue weighted by molar-refractivity contribution is -0.384. The van der Waals surface area contributed by atoms with Gasteiger partial charge in [0, 0.05) is 22.8 Å². The Hall–Kier alpha value is -2.98. The maximum absolute atomic E-state index is 12.2. The topological polar surface area (TPSA) is 116 Å². The van der Waals surface area contributed by atoms with Crippen LogP contribution < -0.4 is 5.32 Å². The summed E-state index contributed by atoms with van der Waals surface area (Å²) in [6.45, 7) is 1.69. The number of halogens is 1. The zero-order valence-electron chi connectivity index (χ0n) is 14.0. The molecule has 1 heterocycles. The number of aryl methyl sites for hydroxylation is 1. The predicted molar refractivity (Wildman–Crippen MR) is 101 cm³/mol. The molecule has 0 aliphatic heterocycles. The van der Waals surface area contributed by atoms with Gasteiger partial charge in [-0.1, -0.05) is 23.4 Å². The minimum Gasteiger partial charge on any atom is -0.325 e. The highest BCUT2D eigenvalue weighted by Crippen LogP contribution is 2.23. The van der Waals surface area contributed by atoms with Gasteiger partial charge < -0.3 is 5.32 Å².